The van der Waals surface area contributed by atoms with Crippen LogP contribution in [0.3, 0.4) is 0 Å². The van der Waals surface area contributed by atoms with E-state index in [-0.39, 0.29) is 22.8 Å². The third-order valence-electron chi connectivity index (χ3n) is 5.65. The predicted molar refractivity (Wildman–Crippen MR) is 146 cm³/mol. The number of hydrogen-bond donors (Lipinski definition) is 2. The van der Waals surface area contributed by atoms with Crippen molar-refractivity contribution in [2.45, 2.75) is 37.6 Å². The van der Waals surface area contributed by atoms with Gasteiger partial charge in [-0.05, 0) is 81.3 Å². The molecule has 0 saturated heterocycles. The van der Waals surface area contributed by atoms with Crippen LogP contribution in [-0.2, 0) is 15.6 Å². The van der Waals surface area contributed by atoms with Crippen LogP contribution in [0, 0.1) is 5.82 Å². The van der Waals surface area contributed by atoms with E-state index >= 15 is 0 Å². The molecule has 2 heterocycles. The minimum Gasteiger partial charge on any atom is -0.370 e. The quantitative estimate of drug-likeness (QED) is 0.256. The zero-order valence-corrected chi connectivity index (χ0v) is 22.4. The standard InChI is InChI=1S/C27H29ClFN5O2S/c1-27(2,3)34-18-24(26(33-34)20-6-4-7-22(29)16-20)19-12-15-31-25(17-19)30-13-5-14-32-37(35,36)23-10-8-21(28)9-11-23/h4,6-12,15-18,32H,5,13-14H2,1-3H3,(H,30,31). The minimum absolute atomic E-state index is 0.170. The van der Waals surface area contributed by atoms with Crippen LogP contribution in [0.2, 0.25) is 5.02 Å². The van der Waals surface area contributed by atoms with Crippen molar-refractivity contribution in [3.63, 3.8) is 0 Å². The molecule has 10 heteroatoms. The summed E-state index contributed by atoms with van der Waals surface area (Å²) in [7, 11) is -3.60. The molecule has 0 aliphatic carbocycles. The summed E-state index contributed by atoms with van der Waals surface area (Å²) in [6.45, 7) is 6.94. The fraction of sp³-hybridized carbons (Fsp3) is 0.259. The molecule has 37 heavy (non-hydrogen) atoms. The summed E-state index contributed by atoms with van der Waals surface area (Å²) in [5.74, 6) is 0.323. The summed E-state index contributed by atoms with van der Waals surface area (Å²) in [4.78, 5) is 4.56. The molecule has 2 aromatic carbocycles. The van der Waals surface area contributed by atoms with Gasteiger partial charge in [0.25, 0.3) is 0 Å². The molecule has 2 aromatic heterocycles. The van der Waals surface area contributed by atoms with Crippen molar-refractivity contribution in [2.75, 3.05) is 18.4 Å². The molecule has 0 aliphatic heterocycles. The highest BCUT2D eigenvalue weighted by Gasteiger charge is 2.20. The first kappa shape index (κ1) is 26.8. The summed E-state index contributed by atoms with van der Waals surface area (Å²) in [6, 6.07) is 16.2. The van der Waals surface area contributed by atoms with Gasteiger partial charge in [0.05, 0.1) is 10.4 Å². The van der Waals surface area contributed by atoms with Crippen LogP contribution in [0.25, 0.3) is 22.4 Å². The lowest BCUT2D eigenvalue weighted by molar-refractivity contribution is 0.356. The van der Waals surface area contributed by atoms with Crippen molar-refractivity contribution in [1.29, 1.82) is 0 Å². The van der Waals surface area contributed by atoms with Crippen LogP contribution < -0.4 is 10.0 Å². The number of aromatic nitrogens is 3. The number of benzene rings is 2. The third-order valence-corrected chi connectivity index (χ3v) is 7.38. The second kappa shape index (κ2) is 11.0. The molecule has 0 radical (unpaired) electrons. The van der Waals surface area contributed by atoms with E-state index in [0.717, 1.165) is 11.1 Å². The van der Waals surface area contributed by atoms with Gasteiger partial charge in [-0.3, -0.25) is 4.68 Å². The van der Waals surface area contributed by atoms with E-state index in [1.54, 1.807) is 24.4 Å². The van der Waals surface area contributed by atoms with Crippen LogP contribution in [0.4, 0.5) is 10.2 Å². The first-order valence-corrected chi connectivity index (χ1v) is 13.7. The Kier molecular flexibility index (Phi) is 7.96. The number of sulfonamides is 1. The lowest BCUT2D eigenvalue weighted by Gasteiger charge is -2.18. The van der Waals surface area contributed by atoms with E-state index in [9.17, 15) is 12.8 Å². The van der Waals surface area contributed by atoms with Crippen molar-refractivity contribution in [3.05, 3.63) is 83.9 Å². The summed E-state index contributed by atoms with van der Waals surface area (Å²) >= 11 is 5.83. The molecule has 0 saturated carbocycles. The molecule has 0 aliphatic rings. The molecule has 0 unspecified atom stereocenters. The number of pyridine rings is 1. The van der Waals surface area contributed by atoms with Gasteiger partial charge in [-0.1, -0.05) is 23.7 Å². The van der Waals surface area contributed by atoms with Gasteiger partial charge in [0.15, 0.2) is 0 Å². The van der Waals surface area contributed by atoms with Gasteiger partial charge in [-0.15, -0.1) is 0 Å². The van der Waals surface area contributed by atoms with Gasteiger partial charge in [0.1, 0.15) is 17.3 Å². The number of anilines is 1. The van der Waals surface area contributed by atoms with Crippen LogP contribution in [0.1, 0.15) is 27.2 Å². The molecule has 0 bridgehead atoms. The molecular weight excluding hydrogens is 513 g/mol. The molecule has 0 fully saturated rings. The Bertz CT molecular complexity index is 1480. The van der Waals surface area contributed by atoms with E-state index in [1.165, 1.54) is 24.3 Å². The summed E-state index contributed by atoms with van der Waals surface area (Å²) in [5.41, 5.74) is 2.87. The smallest absolute Gasteiger partial charge is 0.240 e. The molecule has 7 nitrogen and oxygen atoms in total. The van der Waals surface area contributed by atoms with Crippen LogP contribution in [0.15, 0.2) is 78.0 Å². The van der Waals surface area contributed by atoms with Gasteiger partial charge in [0.2, 0.25) is 10.0 Å². The Balaban J connectivity index is 1.45. The van der Waals surface area contributed by atoms with Crippen LogP contribution in [-0.4, -0.2) is 36.3 Å². The lowest BCUT2D eigenvalue weighted by atomic mass is 10.0. The molecule has 4 rings (SSSR count). The molecule has 0 spiro atoms. The normalized spacial score (nSPS) is 12.0. The second-order valence-electron chi connectivity index (χ2n) is 9.58. The Labute approximate surface area is 221 Å². The molecule has 194 valence electrons. The Hall–Kier alpha value is -3.27. The molecule has 4 aromatic rings. The third kappa shape index (κ3) is 6.74. The highest BCUT2D eigenvalue weighted by Crippen LogP contribution is 2.34. The first-order chi connectivity index (χ1) is 17.5. The van der Waals surface area contributed by atoms with E-state index in [1.807, 2.05) is 29.1 Å². The zero-order chi connectivity index (χ0) is 26.6. The average molecular weight is 542 g/mol. The first-order valence-electron chi connectivity index (χ1n) is 11.8. The molecule has 2 N–H and O–H groups in total. The number of rotatable bonds is 9. The minimum atomic E-state index is -3.60. The maximum absolute atomic E-state index is 14.0. The summed E-state index contributed by atoms with van der Waals surface area (Å²) in [6.07, 6.45) is 4.21. The maximum atomic E-state index is 14.0. The largest absolute Gasteiger partial charge is 0.370 e. The predicted octanol–water partition coefficient (Wildman–Crippen LogP) is 5.94. The van der Waals surface area contributed by atoms with Gasteiger partial charge < -0.3 is 5.32 Å². The van der Waals surface area contributed by atoms with Gasteiger partial charge in [0, 0.05) is 41.6 Å². The second-order valence-corrected chi connectivity index (χ2v) is 11.8. The highest BCUT2D eigenvalue weighted by atomic mass is 35.5. The molecular formula is C27H29ClFN5O2S. The topological polar surface area (TPSA) is 88.9 Å². The average Bonchev–Trinajstić information content (AvgIpc) is 3.31. The fourth-order valence-corrected chi connectivity index (χ4v) is 4.88. The summed E-state index contributed by atoms with van der Waals surface area (Å²) < 4.78 is 43.3. The van der Waals surface area contributed by atoms with Crippen molar-refractivity contribution in [2.24, 2.45) is 0 Å². The number of hydrogen-bond acceptors (Lipinski definition) is 5. The van der Waals surface area contributed by atoms with Crippen molar-refractivity contribution >= 4 is 27.4 Å². The van der Waals surface area contributed by atoms with Crippen molar-refractivity contribution in [3.8, 4) is 22.4 Å². The number of halogens is 2. The van der Waals surface area contributed by atoms with E-state index in [4.69, 9.17) is 16.7 Å². The van der Waals surface area contributed by atoms with Gasteiger partial charge >= 0.3 is 0 Å². The maximum Gasteiger partial charge on any atom is 0.240 e. The van der Waals surface area contributed by atoms with E-state index in [0.29, 0.717) is 35.1 Å². The zero-order valence-electron chi connectivity index (χ0n) is 20.9. The van der Waals surface area contributed by atoms with Crippen molar-refractivity contribution in [1.82, 2.24) is 19.5 Å². The Morgan fingerprint density at radius 2 is 1.76 bits per heavy atom. The van der Waals surface area contributed by atoms with E-state index in [2.05, 4.69) is 35.8 Å². The Morgan fingerprint density at radius 1 is 1.00 bits per heavy atom. The Morgan fingerprint density at radius 3 is 2.46 bits per heavy atom. The van der Waals surface area contributed by atoms with Gasteiger partial charge in [-0.2, -0.15) is 5.10 Å². The number of nitrogens with one attached hydrogen (secondary N) is 2. The monoisotopic (exact) mass is 541 g/mol. The molecule has 0 atom stereocenters. The number of nitrogens with zero attached hydrogens (tertiary/aromatic N) is 3. The fourth-order valence-electron chi connectivity index (χ4n) is 3.68. The van der Waals surface area contributed by atoms with E-state index < -0.39 is 10.0 Å². The highest BCUT2D eigenvalue weighted by molar-refractivity contribution is 7.89. The van der Waals surface area contributed by atoms with Crippen LogP contribution >= 0.6 is 11.6 Å². The van der Waals surface area contributed by atoms with Gasteiger partial charge in [-0.25, -0.2) is 22.5 Å². The van der Waals surface area contributed by atoms with Crippen molar-refractivity contribution < 1.29 is 12.8 Å². The summed E-state index contributed by atoms with van der Waals surface area (Å²) in [5, 5.41) is 8.50. The SMILES string of the molecule is CC(C)(C)n1cc(-c2ccnc(NCCCNS(=O)(=O)c3ccc(Cl)cc3)c2)c(-c2cccc(F)c2)n1. The van der Waals surface area contributed by atoms with Crippen LogP contribution in [0.5, 0.6) is 0 Å². The lowest BCUT2D eigenvalue weighted by Crippen LogP contribution is -2.26. The molecule has 0 amide bonds.